The van der Waals surface area contributed by atoms with Crippen LogP contribution < -0.4 is 10.3 Å². The fraction of sp³-hybridized carbons (Fsp3) is 0.350. The van der Waals surface area contributed by atoms with Crippen LogP contribution in [0, 0.1) is 0 Å². The Hall–Kier alpha value is -2.33. The number of benzene rings is 2. The monoisotopic (exact) mass is 324 g/mol. The van der Waals surface area contributed by atoms with Gasteiger partial charge >= 0.3 is 5.95 Å². The molecule has 0 unspecified atom stereocenters. The van der Waals surface area contributed by atoms with E-state index in [0.29, 0.717) is 12.5 Å². The van der Waals surface area contributed by atoms with Crippen LogP contribution in [0.2, 0.25) is 0 Å². The van der Waals surface area contributed by atoms with Crippen LogP contribution in [0.4, 0.5) is 5.95 Å². The number of aliphatic hydroxyl groups is 1. The lowest BCUT2D eigenvalue weighted by Crippen LogP contribution is -2.37. The highest BCUT2D eigenvalue weighted by Gasteiger charge is 2.20. The topological polar surface area (TPSA) is 55.1 Å². The van der Waals surface area contributed by atoms with Gasteiger partial charge in [0.05, 0.1) is 19.7 Å². The molecule has 0 fully saturated rings. The number of fused-ring (bicyclic) bond motifs is 1. The van der Waals surface area contributed by atoms with Gasteiger partial charge in [0.15, 0.2) is 0 Å². The highest BCUT2D eigenvalue weighted by molar-refractivity contribution is 5.73. The molecule has 0 spiro atoms. The van der Waals surface area contributed by atoms with Crippen molar-refractivity contribution < 1.29 is 9.67 Å². The number of nitrogen functional groups attached to an aromatic ring is 1. The first-order valence-electron chi connectivity index (χ1n) is 8.38. The Balaban J connectivity index is 2.00. The van der Waals surface area contributed by atoms with Crippen LogP contribution in [0.1, 0.15) is 31.9 Å². The summed E-state index contributed by atoms with van der Waals surface area (Å²) in [6, 6.07) is 16.9. The Morgan fingerprint density at radius 1 is 1.04 bits per heavy atom. The third kappa shape index (κ3) is 3.02. The first-order valence-corrected chi connectivity index (χ1v) is 8.38. The Bertz CT molecular complexity index is 842. The molecular weight excluding hydrogens is 298 g/mol. The summed E-state index contributed by atoms with van der Waals surface area (Å²) in [5, 5.41) is 9.32. The van der Waals surface area contributed by atoms with Gasteiger partial charge in [-0.05, 0) is 28.7 Å². The summed E-state index contributed by atoms with van der Waals surface area (Å²) in [4.78, 5) is 0. The maximum Gasteiger partial charge on any atom is 0.356 e. The molecule has 2 aromatic carbocycles. The summed E-state index contributed by atoms with van der Waals surface area (Å²) < 4.78 is 4.08. The van der Waals surface area contributed by atoms with Crippen LogP contribution in [0.25, 0.3) is 11.0 Å². The van der Waals surface area contributed by atoms with Crippen LogP contribution in [0.5, 0.6) is 0 Å². The Morgan fingerprint density at radius 3 is 2.33 bits per heavy atom. The molecule has 0 aliphatic carbocycles. The van der Waals surface area contributed by atoms with Crippen molar-refractivity contribution in [2.75, 3.05) is 12.3 Å². The van der Waals surface area contributed by atoms with Gasteiger partial charge in [-0.25, -0.2) is 9.13 Å². The van der Waals surface area contributed by atoms with Gasteiger partial charge < -0.3 is 5.11 Å². The molecule has 0 saturated heterocycles. The van der Waals surface area contributed by atoms with E-state index in [1.807, 2.05) is 22.8 Å². The van der Waals surface area contributed by atoms with E-state index in [1.54, 1.807) is 0 Å². The molecule has 0 aliphatic heterocycles. The normalized spacial score (nSPS) is 12.0. The zero-order chi connectivity index (χ0) is 17.3. The molecule has 0 radical (unpaired) electrons. The Kier molecular flexibility index (Phi) is 4.33. The average molecular weight is 324 g/mol. The average Bonchev–Trinajstić information content (AvgIpc) is 2.81. The summed E-state index contributed by atoms with van der Waals surface area (Å²) in [6.45, 7) is 7.95. The van der Waals surface area contributed by atoms with Gasteiger partial charge in [0, 0.05) is 0 Å². The number of aliphatic hydroxyl groups excluding tert-OH is 1. The lowest BCUT2D eigenvalue weighted by atomic mass is 9.87. The van der Waals surface area contributed by atoms with E-state index in [9.17, 15) is 5.11 Å². The lowest BCUT2D eigenvalue weighted by Gasteiger charge is -2.19. The van der Waals surface area contributed by atoms with Crippen molar-refractivity contribution in [3.8, 4) is 0 Å². The predicted octanol–water partition coefficient (Wildman–Crippen LogP) is 2.85. The summed E-state index contributed by atoms with van der Waals surface area (Å²) in [5.41, 5.74) is 11.2. The van der Waals surface area contributed by atoms with Crippen LogP contribution in [-0.2, 0) is 18.5 Å². The standard InChI is InChI=1S/C20H25N3O/c1-20(2,3)16-10-8-15(9-11-16)14-23-18-7-5-4-6-17(18)22(12-13-24)19(23)21/h4-11,21,24H,12-14H2,1-3H3/p+1. The largest absolute Gasteiger partial charge is 0.393 e. The van der Waals surface area contributed by atoms with Gasteiger partial charge in [0.25, 0.3) is 0 Å². The van der Waals surface area contributed by atoms with E-state index < -0.39 is 0 Å². The van der Waals surface area contributed by atoms with E-state index in [4.69, 9.17) is 5.73 Å². The van der Waals surface area contributed by atoms with Crippen LogP contribution in [0.15, 0.2) is 48.5 Å². The number of aromatic nitrogens is 2. The second-order valence-electron chi connectivity index (χ2n) is 7.26. The van der Waals surface area contributed by atoms with Gasteiger partial charge in [-0.3, -0.25) is 5.73 Å². The van der Waals surface area contributed by atoms with Gasteiger partial charge in [0.2, 0.25) is 0 Å². The van der Waals surface area contributed by atoms with E-state index in [-0.39, 0.29) is 12.0 Å². The predicted molar refractivity (Wildman–Crippen MR) is 97.9 cm³/mol. The fourth-order valence-electron chi connectivity index (χ4n) is 3.11. The minimum absolute atomic E-state index is 0.0726. The van der Waals surface area contributed by atoms with Crippen LogP contribution in [0.3, 0.4) is 0 Å². The molecule has 24 heavy (non-hydrogen) atoms. The van der Waals surface area contributed by atoms with E-state index >= 15 is 0 Å². The molecule has 3 N–H and O–H groups in total. The molecule has 0 aliphatic rings. The second kappa shape index (κ2) is 6.29. The van der Waals surface area contributed by atoms with Crippen molar-refractivity contribution in [1.29, 1.82) is 0 Å². The number of anilines is 1. The molecule has 3 rings (SSSR count). The van der Waals surface area contributed by atoms with Crippen molar-refractivity contribution in [2.24, 2.45) is 0 Å². The SMILES string of the molecule is CC(C)(C)c1ccc(C[n+]2c(N)n(CCO)c3ccccc32)cc1. The molecule has 0 amide bonds. The summed E-state index contributed by atoms with van der Waals surface area (Å²) in [6.07, 6.45) is 0. The summed E-state index contributed by atoms with van der Waals surface area (Å²) in [5.74, 6) is 0.671. The smallest absolute Gasteiger partial charge is 0.356 e. The first-order chi connectivity index (χ1) is 11.4. The number of para-hydroxylation sites is 2. The fourth-order valence-corrected chi connectivity index (χ4v) is 3.11. The highest BCUT2D eigenvalue weighted by atomic mass is 16.3. The molecule has 0 saturated carbocycles. The molecule has 4 heteroatoms. The Morgan fingerprint density at radius 2 is 1.71 bits per heavy atom. The van der Waals surface area contributed by atoms with E-state index in [1.165, 1.54) is 11.1 Å². The maximum absolute atomic E-state index is 9.32. The van der Waals surface area contributed by atoms with Gasteiger partial charge in [-0.1, -0.05) is 57.2 Å². The lowest BCUT2D eigenvalue weighted by molar-refractivity contribution is -0.648. The van der Waals surface area contributed by atoms with E-state index in [0.717, 1.165) is 17.6 Å². The molecule has 1 aromatic heterocycles. The zero-order valence-corrected chi connectivity index (χ0v) is 14.7. The van der Waals surface area contributed by atoms with Crippen LogP contribution in [-0.4, -0.2) is 16.3 Å². The molecule has 1 heterocycles. The molecule has 126 valence electrons. The molecule has 4 nitrogen and oxygen atoms in total. The molecular formula is C20H26N3O+. The minimum Gasteiger partial charge on any atom is -0.393 e. The molecule has 0 bridgehead atoms. The third-order valence-corrected chi connectivity index (χ3v) is 4.50. The van der Waals surface area contributed by atoms with Gasteiger partial charge in [0.1, 0.15) is 11.0 Å². The molecule has 3 aromatic rings. The quantitative estimate of drug-likeness (QED) is 0.725. The van der Waals surface area contributed by atoms with Crippen molar-refractivity contribution in [1.82, 2.24) is 4.57 Å². The number of hydrogen-bond acceptors (Lipinski definition) is 2. The first kappa shape index (κ1) is 16.5. The van der Waals surface area contributed by atoms with Crippen molar-refractivity contribution in [2.45, 2.75) is 39.3 Å². The minimum atomic E-state index is 0.0726. The number of nitrogens with zero attached hydrogens (tertiary/aromatic N) is 2. The molecule has 0 atom stereocenters. The van der Waals surface area contributed by atoms with Crippen molar-refractivity contribution >= 4 is 17.0 Å². The van der Waals surface area contributed by atoms with Crippen molar-refractivity contribution in [3.63, 3.8) is 0 Å². The number of hydrogen-bond donors (Lipinski definition) is 2. The highest BCUT2D eigenvalue weighted by Crippen LogP contribution is 2.22. The maximum atomic E-state index is 9.32. The van der Waals surface area contributed by atoms with E-state index in [2.05, 4.69) is 55.7 Å². The van der Waals surface area contributed by atoms with Crippen LogP contribution >= 0.6 is 0 Å². The Labute approximate surface area is 143 Å². The van der Waals surface area contributed by atoms with Gasteiger partial charge in [-0.2, -0.15) is 0 Å². The summed E-state index contributed by atoms with van der Waals surface area (Å²) >= 11 is 0. The van der Waals surface area contributed by atoms with Gasteiger partial charge in [-0.15, -0.1) is 0 Å². The number of rotatable bonds is 4. The zero-order valence-electron chi connectivity index (χ0n) is 14.7. The second-order valence-corrected chi connectivity index (χ2v) is 7.26. The number of nitrogens with two attached hydrogens (primary N) is 1. The number of imidazole rings is 1. The third-order valence-electron chi connectivity index (χ3n) is 4.50. The summed E-state index contributed by atoms with van der Waals surface area (Å²) in [7, 11) is 0. The van der Waals surface area contributed by atoms with Crippen molar-refractivity contribution in [3.05, 3.63) is 59.7 Å².